The van der Waals surface area contributed by atoms with E-state index in [0.717, 1.165) is 31.4 Å². The Labute approximate surface area is 235 Å². The molecule has 3 amide bonds. The fraction of sp³-hybridized carbons (Fsp3) is 0.645. The molecule has 0 aromatic heterocycles. The summed E-state index contributed by atoms with van der Waals surface area (Å²) in [7, 11) is 1.73. The Morgan fingerprint density at radius 1 is 1.03 bits per heavy atom. The van der Waals surface area contributed by atoms with Gasteiger partial charge in [0.2, 0.25) is 17.7 Å². The van der Waals surface area contributed by atoms with Crippen molar-refractivity contribution in [1.82, 2.24) is 20.4 Å². The molecule has 1 fully saturated rings. The second kappa shape index (κ2) is 15.2. The Morgan fingerprint density at radius 3 is 2.21 bits per heavy atom. The number of carbonyl (C=O) groups is 3. The van der Waals surface area contributed by atoms with E-state index in [0.29, 0.717) is 5.57 Å². The fourth-order valence-corrected chi connectivity index (χ4v) is 5.26. The molecule has 1 heterocycles. The average molecular weight is 543 g/mol. The van der Waals surface area contributed by atoms with E-state index in [2.05, 4.69) is 29.4 Å². The van der Waals surface area contributed by atoms with E-state index in [4.69, 9.17) is 0 Å². The van der Waals surface area contributed by atoms with Gasteiger partial charge in [0.25, 0.3) is 0 Å². The van der Waals surface area contributed by atoms with Crippen LogP contribution in [0, 0.1) is 11.8 Å². The molecule has 1 aromatic rings. The molecule has 3 N–H and O–H groups in total. The van der Waals surface area contributed by atoms with Gasteiger partial charge in [-0.05, 0) is 57.6 Å². The molecule has 2 rings (SSSR count). The van der Waals surface area contributed by atoms with Crippen LogP contribution in [0.4, 0.5) is 0 Å². The SMILES string of the molecule is C/C(=C\[C@H](C(C)C)N(C)C(=O)[C@@H](NC(=O)C1CCCCN1C(C)C)C(C)C)C(=O)NC(CO)c1ccccc1. The molecule has 0 spiro atoms. The molecule has 4 atom stereocenters. The van der Waals surface area contributed by atoms with Crippen molar-refractivity contribution < 1.29 is 19.5 Å². The summed E-state index contributed by atoms with van der Waals surface area (Å²) >= 11 is 0. The first-order valence-electron chi connectivity index (χ1n) is 14.4. The Bertz CT molecular complexity index is 976. The molecule has 1 aliphatic rings. The number of nitrogens with one attached hydrogen (secondary N) is 2. The van der Waals surface area contributed by atoms with Gasteiger partial charge in [-0.3, -0.25) is 19.3 Å². The van der Waals surface area contributed by atoms with Crippen molar-refractivity contribution in [2.45, 2.75) is 97.9 Å². The summed E-state index contributed by atoms with van der Waals surface area (Å²) in [5, 5.41) is 15.8. The maximum absolute atomic E-state index is 13.8. The third-order valence-electron chi connectivity index (χ3n) is 7.69. The number of amides is 3. The summed E-state index contributed by atoms with van der Waals surface area (Å²) in [6.45, 7) is 14.5. The first-order valence-corrected chi connectivity index (χ1v) is 14.4. The van der Waals surface area contributed by atoms with Crippen LogP contribution < -0.4 is 10.6 Å². The quantitative estimate of drug-likeness (QED) is 0.350. The number of benzene rings is 1. The lowest BCUT2D eigenvalue weighted by atomic mass is 9.95. The van der Waals surface area contributed by atoms with Gasteiger partial charge in [-0.1, -0.05) is 70.5 Å². The highest BCUT2D eigenvalue weighted by atomic mass is 16.3. The highest BCUT2D eigenvalue weighted by Crippen LogP contribution is 2.22. The van der Waals surface area contributed by atoms with Gasteiger partial charge in [0.05, 0.1) is 24.7 Å². The number of aliphatic hydroxyl groups is 1. The predicted octanol–water partition coefficient (Wildman–Crippen LogP) is 3.67. The molecular weight excluding hydrogens is 492 g/mol. The van der Waals surface area contributed by atoms with Crippen molar-refractivity contribution in [2.24, 2.45) is 11.8 Å². The zero-order valence-electron chi connectivity index (χ0n) is 25.1. The summed E-state index contributed by atoms with van der Waals surface area (Å²) in [5.74, 6) is -0.637. The van der Waals surface area contributed by atoms with Crippen molar-refractivity contribution in [2.75, 3.05) is 20.2 Å². The van der Waals surface area contributed by atoms with Crippen molar-refractivity contribution in [3.63, 3.8) is 0 Å². The van der Waals surface area contributed by atoms with Gasteiger partial charge < -0.3 is 20.6 Å². The normalized spacial score (nSPS) is 19.1. The molecule has 2 unspecified atom stereocenters. The average Bonchev–Trinajstić information content (AvgIpc) is 2.92. The molecule has 8 nitrogen and oxygen atoms in total. The second-order valence-electron chi connectivity index (χ2n) is 11.7. The molecule has 0 bridgehead atoms. The van der Waals surface area contributed by atoms with Crippen LogP contribution in [0.1, 0.15) is 79.3 Å². The monoisotopic (exact) mass is 542 g/mol. The van der Waals surface area contributed by atoms with E-state index in [1.165, 1.54) is 0 Å². The van der Waals surface area contributed by atoms with Crippen molar-refractivity contribution in [1.29, 1.82) is 0 Å². The largest absolute Gasteiger partial charge is 0.394 e. The topological polar surface area (TPSA) is 102 Å². The molecule has 1 saturated heterocycles. The molecule has 1 aliphatic heterocycles. The van der Waals surface area contributed by atoms with E-state index < -0.39 is 12.1 Å². The number of piperidine rings is 1. The molecule has 0 aliphatic carbocycles. The molecule has 39 heavy (non-hydrogen) atoms. The Hall–Kier alpha value is -2.71. The third kappa shape index (κ3) is 8.90. The fourth-order valence-electron chi connectivity index (χ4n) is 5.26. The second-order valence-corrected chi connectivity index (χ2v) is 11.7. The molecule has 218 valence electrons. The summed E-state index contributed by atoms with van der Waals surface area (Å²) in [5.41, 5.74) is 1.28. The van der Waals surface area contributed by atoms with Gasteiger partial charge in [0.1, 0.15) is 6.04 Å². The standard InChI is InChI=1S/C31H50N4O4/c1-20(2)27(18-23(7)29(37)32-25(19-36)24-14-10-9-11-15-24)34(8)31(39)28(21(3)4)33-30(38)26-16-12-13-17-35(26)22(5)6/h9-11,14-15,18,20-22,25-28,36H,12-13,16-17,19H2,1-8H3,(H,32,37)(H,33,38)/b23-18+/t25?,26?,27-,28+/m1/s1. The van der Waals surface area contributed by atoms with Gasteiger partial charge in [-0.25, -0.2) is 0 Å². The van der Waals surface area contributed by atoms with E-state index in [9.17, 15) is 19.5 Å². The number of likely N-dealkylation sites (tertiary alicyclic amines) is 1. The van der Waals surface area contributed by atoms with Crippen LogP contribution in [0.2, 0.25) is 0 Å². The van der Waals surface area contributed by atoms with Crippen molar-refractivity contribution in [3.05, 3.63) is 47.5 Å². The van der Waals surface area contributed by atoms with Gasteiger partial charge >= 0.3 is 0 Å². The Morgan fingerprint density at radius 2 is 1.67 bits per heavy atom. The lowest BCUT2D eigenvalue weighted by Crippen LogP contribution is -2.58. The number of nitrogens with zero attached hydrogens (tertiary/aromatic N) is 2. The highest BCUT2D eigenvalue weighted by Gasteiger charge is 2.36. The number of aliphatic hydroxyl groups excluding tert-OH is 1. The minimum Gasteiger partial charge on any atom is -0.394 e. The third-order valence-corrected chi connectivity index (χ3v) is 7.69. The summed E-state index contributed by atoms with van der Waals surface area (Å²) in [6, 6.07) is 7.81. The zero-order chi connectivity index (χ0) is 29.3. The van der Waals surface area contributed by atoms with E-state index in [-0.39, 0.29) is 54.3 Å². The van der Waals surface area contributed by atoms with E-state index in [1.54, 1.807) is 24.9 Å². The van der Waals surface area contributed by atoms with Crippen molar-refractivity contribution >= 4 is 17.7 Å². The van der Waals surface area contributed by atoms with Crippen LogP contribution in [-0.2, 0) is 14.4 Å². The minimum atomic E-state index is -0.668. The van der Waals surface area contributed by atoms with Crippen LogP contribution in [0.25, 0.3) is 0 Å². The van der Waals surface area contributed by atoms with Crippen LogP contribution in [0.5, 0.6) is 0 Å². The lowest BCUT2D eigenvalue weighted by molar-refractivity contribution is -0.140. The predicted molar refractivity (Wildman–Crippen MR) is 156 cm³/mol. The molecule has 8 heteroatoms. The molecular formula is C31H50N4O4. The van der Waals surface area contributed by atoms with Gasteiger partial charge in [0, 0.05) is 18.7 Å². The summed E-state index contributed by atoms with van der Waals surface area (Å²) in [4.78, 5) is 44.0. The Balaban J connectivity index is 2.18. The highest BCUT2D eigenvalue weighted by molar-refractivity contribution is 5.93. The van der Waals surface area contributed by atoms with Gasteiger partial charge in [0.15, 0.2) is 0 Å². The summed E-state index contributed by atoms with van der Waals surface area (Å²) < 4.78 is 0. The first kappa shape index (κ1) is 32.5. The van der Waals surface area contributed by atoms with Crippen LogP contribution in [0.15, 0.2) is 42.0 Å². The number of likely N-dealkylation sites (N-methyl/N-ethyl adjacent to an activating group) is 1. The Kier molecular flexibility index (Phi) is 12.6. The number of rotatable bonds is 12. The first-order chi connectivity index (χ1) is 18.4. The van der Waals surface area contributed by atoms with Gasteiger partial charge in [-0.15, -0.1) is 0 Å². The number of hydrogen-bond donors (Lipinski definition) is 3. The minimum absolute atomic E-state index is 0.0303. The zero-order valence-corrected chi connectivity index (χ0v) is 25.1. The van der Waals surface area contributed by atoms with Crippen LogP contribution in [-0.4, -0.2) is 77.0 Å². The molecule has 0 radical (unpaired) electrons. The molecule has 1 aromatic carbocycles. The van der Waals surface area contributed by atoms with Crippen molar-refractivity contribution in [3.8, 4) is 0 Å². The lowest BCUT2D eigenvalue weighted by Gasteiger charge is -2.39. The number of carbonyl (C=O) groups excluding carboxylic acids is 3. The van der Waals surface area contributed by atoms with E-state index >= 15 is 0 Å². The van der Waals surface area contributed by atoms with Crippen LogP contribution >= 0.6 is 0 Å². The van der Waals surface area contributed by atoms with Gasteiger partial charge in [-0.2, -0.15) is 0 Å². The molecule has 0 saturated carbocycles. The smallest absolute Gasteiger partial charge is 0.247 e. The summed E-state index contributed by atoms with van der Waals surface area (Å²) in [6.07, 6.45) is 4.68. The maximum atomic E-state index is 13.8. The maximum Gasteiger partial charge on any atom is 0.247 e. The van der Waals surface area contributed by atoms with E-state index in [1.807, 2.05) is 58.0 Å². The van der Waals surface area contributed by atoms with Crippen LogP contribution in [0.3, 0.4) is 0 Å². The number of hydrogen-bond acceptors (Lipinski definition) is 5.